The second-order valence-electron chi connectivity index (χ2n) is 3.96. The monoisotopic (exact) mass is 325 g/mol. The van der Waals surface area contributed by atoms with Gasteiger partial charge in [0, 0.05) is 4.88 Å². The van der Waals surface area contributed by atoms with Gasteiger partial charge < -0.3 is 10.4 Å². The van der Waals surface area contributed by atoms with E-state index in [9.17, 15) is 4.79 Å². The maximum Gasteiger partial charge on any atom is 0.261 e. The van der Waals surface area contributed by atoms with Gasteiger partial charge in [-0.1, -0.05) is 23.4 Å². The van der Waals surface area contributed by atoms with E-state index in [1.54, 1.807) is 12.1 Å². The minimum Gasteiger partial charge on any atom is -0.384 e. The third-order valence-electron chi connectivity index (χ3n) is 2.49. The summed E-state index contributed by atoms with van der Waals surface area (Å²) in [5, 5.41) is 11.6. The lowest BCUT2D eigenvalue weighted by molar-refractivity contribution is 0.0944. The third kappa shape index (κ3) is 3.84. The van der Waals surface area contributed by atoms with Gasteiger partial charge in [0.2, 0.25) is 0 Å². The van der Waals surface area contributed by atoms with Gasteiger partial charge in [0.25, 0.3) is 5.91 Å². The molecule has 0 fully saturated rings. The van der Waals surface area contributed by atoms with E-state index in [0.717, 1.165) is 9.75 Å². The highest BCUT2D eigenvalue weighted by Crippen LogP contribution is 2.27. The SMILES string of the molecule is CC(NC(=O)c1ccc(C#CCO)s1)c1ccc(Cl)s1. The molecule has 0 aliphatic carbocycles. The minimum atomic E-state index is -0.185. The van der Waals surface area contributed by atoms with Crippen molar-refractivity contribution in [3.63, 3.8) is 0 Å². The van der Waals surface area contributed by atoms with Crippen molar-refractivity contribution in [2.75, 3.05) is 6.61 Å². The first-order valence-corrected chi connectivity index (χ1v) is 7.87. The van der Waals surface area contributed by atoms with E-state index in [-0.39, 0.29) is 18.6 Å². The topological polar surface area (TPSA) is 49.3 Å². The molecule has 0 aliphatic rings. The van der Waals surface area contributed by atoms with E-state index in [2.05, 4.69) is 17.2 Å². The molecule has 2 rings (SSSR count). The Kier molecular flexibility index (Phi) is 5.21. The molecular formula is C14H12ClNO2S2. The van der Waals surface area contributed by atoms with Gasteiger partial charge in [0.1, 0.15) is 6.61 Å². The summed E-state index contributed by atoms with van der Waals surface area (Å²) in [6.45, 7) is 1.73. The number of amides is 1. The summed E-state index contributed by atoms with van der Waals surface area (Å²) >= 11 is 8.64. The number of aliphatic hydroxyl groups is 1. The molecule has 0 bridgehead atoms. The number of aliphatic hydroxyl groups excluding tert-OH is 1. The Labute approximate surface area is 130 Å². The van der Waals surface area contributed by atoms with Crippen LogP contribution < -0.4 is 5.32 Å². The largest absolute Gasteiger partial charge is 0.384 e. The van der Waals surface area contributed by atoms with Crippen LogP contribution in [0.1, 0.15) is 32.4 Å². The summed E-state index contributed by atoms with van der Waals surface area (Å²) in [5.74, 6) is 5.20. The molecule has 0 radical (unpaired) electrons. The van der Waals surface area contributed by atoms with Gasteiger partial charge in [-0.3, -0.25) is 4.79 Å². The number of nitrogens with one attached hydrogen (secondary N) is 1. The Balaban J connectivity index is 2.02. The molecule has 0 saturated carbocycles. The lowest BCUT2D eigenvalue weighted by Gasteiger charge is -2.10. The van der Waals surface area contributed by atoms with Crippen LogP contribution in [0, 0.1) is 11.8 Å². The van der Waals surface area contributed by atoms with Crippen LogP contribution >= 0.6 is 34.3 Å². The van der Waals surface area contributed by atoms with E-state index in [4.69, 9.17) is 16.7 Å². The maximum absolute atomic E-state index is 12.1. The average molecular weight is 326 g/mol. The van der Waals surface area contributed by atoms with Crippen LogP contribution in [0.4, 0.5) is 0 Å². The summed E-state index contributed by atoms with van der Waals surface area (Å²) in [7, 11) is 0. The molecule has 2 aromatic rings. The zero-order valence-electron chi connectivity index (χ0n) is 10.6. The van der Waals surface area contributed by atoms with Crippen LogP contribution in [0.3, 0.4) is 0 Å². The van der Waals surface area contributed by atoms with Crippen molar-refractivity contribution in [1.82, 2.24) is 5.32 Å². The molecule has 20 heavy (non-hydrogen) atoms. The number of thiophene rings is 2. The van der Waals surface area contributed by atoms with Crippen LogP contribution in [-0.2, 0) is 0 Å². The molecule has 2 N–H and O–H groups in total. The highest BCUT2D eigenvalue weighted by atomic mass is 35.5. The van der Waals surface area contributed by atoms with Gasteiger partial charge in [-0.25, -0.2) is 0 Å². The summed E-state index contributed by atoms with van der Waals surface area (Å²) in [6.07, 6.45) is 0. The smallest absolute Gasteiger partial charge is 0.261 e. The zero-order chi connectivity index (χ0) is 14.5. The van der Waals surface area contributed by atoms with Crippen molar-refractivity contribution in [3.8, 4) is 11.8 Å². The molecule has 3 nitrogen and oxygen atoms in total. The second-order valence-corrected chi connectivity index (χ2v) is 6.79. The molecule has 1 amide bonds. The Morgan fingerprint density at radius 2 is 2.20 bits per heavy atom. The predicted octanol–water partition coefficient (Wildman–Crippen LogP) is 3.30. The van der Waals surface area contributed by atoms with Crippen LogP contribution in [0.25, 0.3) is 0 Å². The molecule has 1 atom stereocenters. The molecule has 0 spiro atoms. The van der Waals surface area contributed by atoms with E-state index in [1.165, 1.54) is 22.7 Å². The quantitative estimate of drug-likeness (QED) is 0.851. The molecule has 104 valence electrons. The Hall–Kier alpha value is -1.32. The number of carbonyl (C=O) groups excluding carboxylic acids is 1. The van der Waals surface area contributed by atoms with Crippen molar-refractivity contribution in [2.45, 2.75) is 13.0 Å². The molecule has 2 heterocycles. The van der Waals surface area contributed by atoms with Crippen molar-refractivity contribution >= 4 is 40.2 Å². The fourth-order valence-corrected chi connectivity index (χ4v) is 3.40. The fraction of sp³-hybridized carbons (Fsp3) is 0.214. The van der Waals surface area contributed by atoms with Crippen LogP contribution in [0.15, 0.2) is 24.3 Å². The molecule has 0 aromatic carbocycles. The summed E-state index contributed by atoms with van der Waals surface area (Å²) in [4.78, 5) is 14.5. The Morgan fingerprint density at radius 1 is 1.40 bits per heavy atom. The van der Waals surface area contributed by atoms with Gasteiger partial charge in [-0.2, -0.15) is 0 Å². The fourth-order valence-electron chi connectivity index (χ4n) is 1.55. The van der Waals surface area contributed by atoms with Crippen molar-refractivity contribution < 1.29 is 9.90 Å². The molecule has 6 heteroatoms. The van der Waals surface area contributed by atoms with E-state index in [1.807, 2.05) is 19.1 Å². The van der Waals surface area contributed by atoms with Crippen LogP contribution in [0.5, 0.6) is 0 Å². The van der Waals surface area contributed by atoms with Gasteiger partial charge in [-0.05, 0) is 31.2 Å². The van der Waals surface area contributed by atoms with E-state index >= 15 is 0 Å². The normalized spacial score (nSPS) is 11.6. The summed E-state index contributed by atoms with van der Waals surface area (Å²) in [6, 6.07) is 7.14. The highest BCUT2D eigenvalue weighted by Gasteiger charge is 2.14. The van der Waals surface area contributed by atoms with Crippen molar-refractivity contribution in [1.29, 1.82) is 0 Å². The summed E-state index contributed by atoms with van der Waals surface area (Å²) in [5.41, 5.74) is 0. The van der Waals surface area contributed by atoms with Gasteiger partial charge in [0.05, 0.1) is 20.1 Å². The molecular weight excluding hydrogens is 314 g/mol. The second kappa shape index (κ2) is 6.91. The van der Waals surface area contributed by atoms with Gasteiger partial charge >= 0.3 is 0 Å². The van der Waals surface area contributed by atoms with Crippen molar-refractivity contribution in [3.05, 3.63) is 43.2 Å². The molecule has 0 aliphatic heterocycles. The van der Waals surface area contributed by atoms with Gasteiger partial charge in [0.15, 0.2) is 0 Å². The lowest BCUT2D eigenvalue weighted by Crippen LogP contribution is -2.25. The Bertz CT molecular complexity index is 666. The first-order valence-electron chi connectivity index (χ1n) is 5.86. The number of rotatable bonds is 3. The minimum absolute atomic E-state index is 0.0888. The average Bonchev–Trinajstić information content (AvgIpc) is 3.05. The predicted molar refractivity (Wildman–Crippen MR) is 83.5 cm³/mol. The maximum atomic E-state index is 12.1. The van der Waals surface area contributed by atoms with Crippen molar-refractivity contribution in [2.24, 2.45) is 0 Å². The number of hydrogen-bond donors (Lipinski definition) is 2. The number of carbonyl (C=O) groups is 1. The number of hydrogen-bond acceptors (Lipinski definition) is 4. The molecule has 0 saturated heterocycles. The molecule has 2 aromatic heterocycles. The van der Waals surface area contributed by atoms with Gasteiger partial charge in [-0.15, -0.1) is 22.7 Å². The molecule has 1 unspecified atom stereocenters. The Morgan fingerprint density at radius 3 is 2.85 bits per heavy atom. The lowest BCUT2D eigenvalue weighted by atomic mass is 10.2. The van der Waals surface area contributed by atoms with E-state index in [0.29, 0.717) is 9.21 Å². The highest BCUT2D eigenvalue weighted by molar-refractivity contribution is 7.16. The summed E-state index contributed by atoms with van der Waals surface area (Å²) < 4.78 is 0.707. The van der Waals surface area contributed by atoms with E-state index < -0.39 is 0 Å². The first-order chi connectivity index (χ1) is 9.60. The standard InChI is InChI=1S/C14H12ClNO2S2/c1-9(11-6-7-13(15)20-11)16-14(18)12-5-4-10(19-12)3-2-8-17/h4-7,9,17H,8H2,1H3,(H,16,18). The third-order valence-corrected chi connectivity index (χ3v) is 4.90. The first kappa shape index (κ1) is 15.1. The zero-order valence-corrected chi connectivity index (χ0v) is 13.0. The number of halogens is 1. The van der Waals surface area contributed by atoms with Crippen LogP contribution in [-0.4, -0.2) is 17.6 Å². The van der Waals surface area contributed by atoms with Crippen LogP contribution in [0.2, 0.25) is 4.34 Å².